The minimum atomic E-state index is -0.227. The molecule has 7 nitrogen and oxygen atoms in total. The maximum absolute atomic E-state index is 12.3. The van der Waals surface area contributed by atoms with Crippen LogP contribution in [0.2, 0.25) is 0 Å². The first kappa shape index (κ1) is 19.9. The Morgan fingerprint density at radius 2 is 1.93 bits per heavy atom. The predicted octanol–water partition coefficient (Wildman–Crippen LogP) is 3.46. The molecule has 1 atom stereocenters. The van der Waals surface area contributed by atoms with Gasteiger partial charge < -0.3 is 29.2 Å². The molecule has 2 aromatic carbocycles. The lowest BCUT2D eigenvalue weighted by Gasteiger charge is -2.27. The number of ether oxygens (including phenoxy) is 4. The highest BCUT2D eigenvalue weighted by atomic mass is 16.6. The Hall–Kier alpha value is -3.35. The molecule has 1 amide bonds. The number of H-pyrrole nitrogens is 1. The zero-order chi connectivity index (χ0) is 20.9. The van der Waals surface area contributed by atoms with Crippen molar-refractivity contribution < 1.29 is 23.7 Å². The van der Waals surface area contributed by atoms with Gasteiger partial charge in [-0.3, -0.25) is 4.79 Å². The molecule has 0 spiro atoms. The van der Waals surface area contributed by atoms with Crippen molar-refractivity contribution in [2.24, 2.45) is 0 Å². The van der Waals surface area contributed by atoms with Crippen LogP contribution in [0, 0.1) is 0 Å². The molecule has 1 aromatic heterocycles. The zero-order valence-electron chi connectivity index (χ0n) is 17.2. The highest BCUT2D eigenvalue weighted by Gasteiger charge is 2.22. The first-order chi connectivity index (χ1) is 14.7. The molecule has 1 aliphatic rings. The van der Waals surface area contributed by atoms with E-state index in [0.717, 1.165) is 29.5 Å². The lowest BCUT2D eigenvalue weighted by atomic mass is 10.1. The molecule has 7 heteroatoms. The van der Waals surface area contributed by atoms with Crippen molar-refractivity contribution in [1.29, 1.82) is 0 Å². The minimum absolute atomic E-state index is 0.00691. The van der Waals surface area contributed by atoms with Gasteiger partial charge in [0.15, 0.2) is 11.5 Å². The van der Waals surface area contributed by atoms with Crippen molar-refractivity contribution in [2.75, 3.05) is 27.4 Å². The standard InChI is InChI=1S/C23H26N2O5/c1-27-16-6-8-20-19(10-16)15(12-24-20)4-3-5-23(26)25-13-18-14-29-21-9-7-17(28-2)11-22(21)30-18/h6-12,18,24H,3-5,13-14H2,1-2H3,(H,25,26). The van der Waals surface area contributed by atoms with Crippen LogP contribution in [-0.4, -0.2) is 44.4 Å². The van der Waals surface area contributed by atoms with Crippen molar-refractivity contribution in [2.45, 2.75) is 25.4 Å². The lowest BCUT2D eigenvalue weighted by molar-refractivity contribution is -0.121. The zero-order valence-corrected chi connectivity index (χ0v) is 17.2. The third-order valence-corrected chi connectivity index (χ3v) is 5.22. The second-order valence-corrected chi connectivity index (χ2v) is 7.25. The molecule has 3 aromatic rings. The summed E-state index contributed by atoms with van der Waals surface area (Å²) in [5, 5.41) is 4.08. The van der Waals surface area contributed by atoms with Gasteiger partial charge in [0, 0.05) is 29.6 Å². The summed E-state index contributed by atoms with van der Waals surface area (Å²) in [6.07, 6.45) is 3.80. The van der Waals surface area contributed by atoms with Gasteiger partial charge in [0.25, 0.3) is 0 Å². The topological polar surface area (TPSA) is 81.8 Å². The molecule has 1 aliphatic heterocycles. The van der Waals surface area contributed by atoms with Crippen LogP contribution in [0.15, 0.2) is 42.6 Å². The van der Waals surface area contributed by atoms with Crippen molar-refractivity contribution in [3.05, 3.63) is 48.2 Å². The van der Waals surface area contributed by atoms with Crippen molar-refractivity contribution in [3.63, 3.8) is 0 Å². The third kappa shape index (κ3) is 4.45. The van der Waals surface area contributed by atoms with Crippen molar-refractivity contribution in [1.82, 2.24) is 10.3 Å². The van der Waals surface area contributed by atoms with E-state index in [0.29, 0.717) is 36.8 Å². The SMILES string of the molecule is COc1ccc2c(c1)OC(CNC(=O)CCCc1c[nH]c3ccc(OC)cc13)CO2. The molecule has 0 saturated carbocycles. The fourth-order valence-corrected chi connectivity index (χ4v) is 3.57. The van der Waals surface area contributed by atoms with Crippen LogP contribution in [0.25, 0.3) is 10.9 Å². The van der Waals surface area contributed by atoms with Gasteiger partial charge >= 0.3 is 0 Å². The van der Waals surface area contributed by atoms with Gasteiger partial charge in [-0.1, -0.05) is 0 Å². The Morgan fingerprint density at radius 3 is 2.77 bits per heavy atom. The Balaban J connectivity index is 1.24. The van der Waals surface area contributed by atoms with E-state index < -0.39 is 0 Å². The fraction of sp³-hybridized carbons (Fsp3) is 0.348. The highest BCUT2D eigenvalue weighted by molar-refractivity contribution is 5.84. The smallest absolute Gasteiger partial charge is 0.220 e. The summed E-state index contributed by atoms with van der Waals surface area (Å²) in [4.78, 5) is 15.5. The van der Waals surface area contributed by atoms with E-state index in [9.17, 15) is 4.79 Å². The molecule has 0 fully saturated rings. The molecule has 0 saturated heterocycles. The van der Waals surface area contributed by atoms with E-state index in [1.165, 1.54) is 5.56 Å². The van der Waals surface area contributed by atoms with Crippen LogP contribution in [0.4, 0.5) is 0 Å². The number of aryl methyl sites for hydroxylation is 1. The van der Waals surface area contributed by atoms with Crippen LogP contribution >= 0.6 is 0 Å². The first-order valence-electron chi connectivity index (χ1n) is 10.0. The molecule has 1 unspecified atom stereocenters. The number of benzene rings is 2. The summed E-state index contributed by atoms with van der Waals surface area (Å²) in [5.74, 6) is 2.86. The number of aromatic amines is 1. The van der Waals surface area contributed by atoms with E-state index >= 15 is 0 Å². The summed E-state index contributed by atoms with van der Waals surface area (Å²) in [6.45, 7) is 0.802. The average Bonchev–Trinajstić information content (AvgIpc) is 3.19. The molecule has 4 rings (SSSR count). The van der Waals surface area contributed by atoms with Gasteiger partial charge in [-0.25, -0.2) is 0 Å². The number of methoxy groups -OCH3 is 2. The largest absolute Gasteiger partial charge is 0.497 e. The van der Waals surface area contributed by atoms with Gasteiger partial charge in [0.2, 0.25) is 5.91 Å². The minimum Gasteiger partial charge on any atom is -0.497 e. The molecule has 0 aliphatic carbocycles. The van der Waals surface area contributed by atoms with Gasteiger partial charge in [0.05, 0.1) is 20.8 Å². The van der Waals surface area contributed by atoms with Crippen LogP contribution in [0.5, 0.6) is 23.0 Å². The Morgan fingerprint density at radius 1 is 1.13 bits per heavy atom. The normalized spacial score (nSPS) is 15.1. The maximum atomic E-state index is 12.3. The average molecular weight is 410 g/mol. The third-order valence-electron chi connectivity index (χ3n) is 5.22. The van der Waals surface area contributed by atoms with Gasteiger partial charge in [0.1, 0.15) is 24.2 Å². The van der Waals surface area contributed by atoms with Crippen LogP contribution in [0.3, 0.4) is 0 Å². The number of carbonyl (C=O) groups is 1. The molecule has 2 N–H and O–H groups in total. The number of carbonyl (C=O) groups excluding carboxylic acids is 1. The molecular formula is C23H26N2O5. The summed E-state index contributed by atoms with van der Waals surface area (Å²) < 4.78 is 22.2. The second kappa shape index (κ2) is 8.98. The number of nitrogens with one attached hydrogen (secondary N) is 2. The number of hydrogen-bond donors (Lipinski definition) is 2. The number of hydrogen-bond acceptors (Lipinski definition) is 5. The van der Waals surface area contributed by atoms with E-state index in [1.807, 2.05) is 36.5 Å². The Bertz CT molecular complexity index is 1030. The fourth-order valence-electron chi connectivity index (χ4n) is 3.57. The predicted molar refractivity (Wildman–Crippen MR) is 114 cm³/mol. The van der Waals surface area contributed by atoms with Gasteiger partial charge in [-0.05, 0) is 48.7 Å². The maximum Gasteiger partial charge on any atom is 0.220 e. The van der Waals surface area contributed by atoms with E-state index in [2.05, 4.69) is 10.3 Å². The van der Waals surface area contributed by atoms with Gasteiger partial charge in [-0.15, -0.1) is 0 Å². The number of fused-ring (bicyclic) bond motifs is 2. The summed E-state index contributed by atoms with van der Waals surface area (Å²) >= 11 is 0. The molecule has 30 heavy (non-hydrogen) atoms. The quantitative estimate of drug-likeness (QED) is 0.594. The van der Waals surface area contributed by atoms with E-state index in [1.54, 1.807) is 20.3 Å². The Labute approximate surface area is 175 Å². The summed E-state index contributed by atoms with van der Waals surface area (Å²) in [7, 11) is 3.27. The second-order valence-electron chi connectivity index (χ2n) is 7.25. The number of rotatable bonds is 8. The van der Waals surface area contributed by atoms with Crippen LogP contribution < -0.4 is 24.3 Å². The number of amides is 1. The van der Waals surface area contributed by atoms with E-state index in [4.69, 9.17) is 18.9 Å². The van der Waals surface area contributed by atoms with Gasteiger partial charge in [-0.2, -0.15) is 0 Å². The number of aromatic nitrogens is 1. The summed E-state index contributed by atoms with van der Waals surface area (Å²) in [5.41, 5.74) is 2.26. The molecule has 158 valence electrons. The highest BCUT2D eigenvalue weighted by Crippen LogP contribution is 2.34. The molecule has 0 radical (unpaired) electrons. The Kier molecular flexibility index (Phi) is 5.97. The first-order valence-corrected chi connectivity index (χ1v) is 10.0. The molecular weight excluding hydrogens is 384 g/mol. The van der Waals surface area contributed by atoms with E-state index in [-0.39, 0.29) is 12.0 Å². The van der Waals surface area contributed by atoms with Crippen LogP contribution in [-0.2, 0) is 11.2 Å². The van der Waals surface area contributed by atoms with Crippen molar-refractivity contribution >= 4 is 16.8 Å². The lowest BCUT2D eigenvalue weighted by Crippen LogP contribution is -2.40. The summed E-state index contributed by atoms with van der Waals surface area (Å²) in [6, 6.07) is 11.4. The molecule has 0 bridgehead atoms. The molecule has 2 heterocycles. The van der Waals surface area contributed by atoms with Crippen molar-refractivity contribution in [3.8, 4) is 23.0 Å². The monoisotopic (exact) mass is 410 g/mol. The van der Waals surface area contributed by atoms with Crippen LogP contribution in [0.1, 0.15) is 18.4 Å².